The Balaban J connectivity index is 1.63. The van der Waals surface area contributed by atoms with Crippen LogP contribution in [-0.4, -0.2) is 42.0 Å². The first-order chi connectivity index (χ1) is 11.6. The Labute approximate surface area is 149 Å². The first-order valence-electron chi connectivity index (χ1n) is 8.68. The number of benzene rings is 1. The highest BCUT2D eigenvalue weighted by Crippen LogP contribution is 2.34. The fourth-order valence-corrected chi connectivity index (χ4v) is 4.37. The Hall–Kier alpha value is -1.27. The molecule has 1 aromatic carbocycles. The molecule has 2 aromatic rings. The van der Waals surface area contributed by atoms with E-state index in [2.05, 4.69) is 59.4 Å². The highest BCUT2D eigenvalue weighted by Gasteiger charge is 2.28. The van der Waals surface area contributed by atoms with E-state index in [-0.39, 0.29) is 0 Å². The zero-order chi connectivity index (χ0) is 17.1. The van der Waals surface area contributed by atoms with Gasteiger partial charge in [0.15, 0.2) is 0 Å². The number of aromatic nitrogens is 1. The minimum absolute atomic E-state index is 0.361. The number of thiazole rings is 1. The highest BCUT2D eigenvalue weighted by atomic mass is 32.1. The Morgan fingerprint density at radius 1 is 1.38 bits per heavy atom. The molecule has 0 saturated carbocycles. The second-order valence-corrected chi connectivity index (χ2v) is 7.92. The van der Waals surface area contributed by atoms with Gasteiger partial charge in [-0.25, -0.2) is 4.98 Å². The van der Waals surface area contributed by atoms with Crippen LogP contribution in [0.5, 0.6) is 0 Å². The van der Waals surface area contributed by atoms with Crippen molar-refractivity contribution < 1.29 is 0 Å². The smallest absolute Gasteiger partial charge is 0.0928 e. The van der Waals surface area contributed by atoms with Crippen LogP contribution in [0.3, 0.4) is 0 Å². The number of nitrogens with two attached hydrogens (primary N) is 1. The molecular weight excluding hydrogens is 316 g/mol. The molecule has 0 saturated heterocycles. The van der Waals surface area contributed by atoms with Crippen LogP contribution in [0.1, 0.15) is 39.9 Å². The van der Waals surface area contributed by atoms with E-state index in [0.29, 0.717) is 12.6 Å². The van der Waals surface area contributed by atoms with Gasteiger partial charge in [-0.1, -0.05) is 18.2 Å². The zero-order valence-corrected chi connectivity index (χ0v) is 15.8. The molecule has 1 aliphatic heterocycles. The molecule has 2 heterocycles. The van der Waals surface area contributed by atoms with Crippen LogP contribution >= 0.6 is 11.3 Å². The van der Waals surface area contributed by atoms with Crippen LogP contribution in [0.4, 0.5) is 0 Å². The fourth-order valence-electron chi connectivity index (χ4n) is 3.55. The average molecular weight is 345 g/mol. The molecule has 0 fully saturated rings. The van der Waals surface area contributed by atoms with Gasteiger partial charge in [-0.15, -0.1) is 11.3 Å². The molecule has 3 rings (SSSR count). The summed E-state index contributed by atoms with van der Waals surface area (Å²) >= 11 is 1.77. The summed E-state index contributed by atoms with van der Waals surface area (Å²) in [6.45, 7) is 5.84. The standard InChI is InChI=1S/C19H28N4S/c1-14-13-24-19(21-14)5-4-8-23-12-16-7-6-15(11-22(2)3)9-17(16)18(23)10-20/h6-7,9,13,18H,4-5,8,10-12,20H2,1-3H3. The van der Waals surface area contributed by atoms with Crippen LogP contribution in [-0.2, 0) is 19.5 Å². The Morgan fingerprint density at radius 3 is 2.88 bits per heavy atom. The molecule has 1 unspecified atom stereocenters. The van der Waals surface area contributed by atoms with Crippen molar-refractivity contribution in [2.75, 3.05) is 27.2 Å². The van der Waals surface area contributed by atoms with Gasteiger partial charge in [0.25, 0.3) is 0 Å². The van der Waals surface area contributed by atoms with Crippen molar-refractivity contribution in [3.05, 3.63) is 51.0 Å². The summed E-state index contributed by atoms with van der Waals surface area (Å²) in [4.78, 5) is 9.31. The lowest BCUT2D eigenvalue weighted by molar-refractivity contribution is 0.217. The Morgan fingerprint density at radius 2 is 2.21 bits per heavy atom. The summed E-state index contributed by atoms with van der Waals surface area (Å²) < 4.78 is 0. The lowest BCUT2D eigenvalue weighted by Crippen LogP contribution is -2.29. The number of fused-ring (bicyclic) bond motifs is 1. The van der Waals surface area contributed by atoms with E-state index in [4.69, 9.17) is 5.73 Å². The first kappa shape index (κ1) is 17.5. The zero-order valence-electron chi connectivity index (χ0n) is 15.0. The van der Waals surface area contributed by atoms with Crippen molar-refractivity contribution in [3.8, 4) is 0 Å². The number of hydrogen-bond donors (Lipinski definition) is 1. The van der Waals surface area contributed by atoms with Crippen molar-refractivity contribution in [2.24, 2.45) is 5.73 Å². The molecule has 2 N–H and O–H groups in total. The van der Waals surface area contributed by atoms with E-state index in [9.17, 15) is 0 Å². The molecule has 1 atom stereocenters. The quantitative estimate of drug-likeness (QED) is 0.839. The van der Waals surface area contributed by atoms with Crippen molar-refractivity contribution in [1.82, 2.24) is 14.8 Å². The van der Waals surface area contributed by atoms with Crippen molar-refractivity contribution >= 4 is 11.3 Å². The van der Waals surface area contributed by atoms with Gasteiger partial charge in [-0.3, -0.25) is 4.90 Å². The normalized spacial score (nSPS) is 17.6. The molecule has 5 heteroatoms. The number of hydrogen-bond acceptors (Lipinski definition) is 5. The van der Waals surface area contributed by atoms with E-state index in [1.54, 1.807) is 11.3 Å². The second kappa shape index (κ2) is 7.74. The van der Waals surface area contributed by atoms with Crippen molar-refractivity contribution in [3.63, 3.8) is 0 Å². The van der Waals surface area contributed by atoms with E-state index in [1.165, 1.54) is 21.7 Å². The van der Waals surface area contributed by atoms with Gasteiger partial charge in [0.2, 0.25) is 0 Å². The highest BCUT2D eigenvalue weighted by molar-refractivity contribution is 7.09. The number of aryl methyl sites for hydroxylation is 2. The van der Waals surface area contributed by atoms with Crippen molar-refractivity contribution in [1.29, 1.82) is 0 Å². The third-order valence-electron chi connectivity index (χ3n) is 4.61. The van der Waals surface area contributed by atoms with Crippen LogP contribution in [0, 0.1) is 6.92 Å². The predicted molar refractivity (Wildman–Crippen MR) is 101 cm³/mol. The van der Waals surface area contributed by atoms with Crippen molar-refractivity contribution in [2.45, 2.75) is 38.9 Å². The molecule has 0 aliphatic carbocycles. The average Bonchev–Trinajstić information content (AvgIpc) is 3.09. The van der Waals surface area contributed by atoms with Gasteiger partial charge in [-0.05, 0) is 50.7 Å². The van der Waals surface area contributed by atoms with E-state index >= 15 is 0 Å². The van der Waals surface area contributed by atoms with Crippen LogP contribution < -0.4 is 5.73 Å². The third kappa shape index (κ3) is 4.03. The second-order valence-electron chi connectivity index (χ2n) is 6.98. The summed E-state index contributed by atoms with van der Waals surface area (Å²) in [7, 11) is 4.22. The molecule has 0 spiro atoms. The van der Waals surface area contributed by atoms with Crippen LogP contribution in [0.25, 0.3) is 0 Å². The van der Waals surface area contributed by atoms with E-state index in [0.717, 1.165) is 38.2 Å². The predicted octanol–water partition coefficient (Wildman–Crippen LogP) is 2.96. The molecular formula is C19H28N4S. The van der Waals surface area contributed by atoms with E-state index in [1.807, 2.05) is 0 Å². The maximum atomic E-state index is 6.11. The first-order valence-corrected chi connectivity index (χ1v) is 9.56. The SMILES string of the molecule is Cc1csc(CCCN2Cc3ccc(CN(C)C)cc3C2CN)n1. The molecule has 0 amide bonds. The summed E-state index contributed by atoms with van der Waals surface area (Å²) in [6, 6.07) is 7.27. The molecule has 1 aromatic heterocycles. The summed E-state index contributed by atoms with van der Waals surface area (Å²) in [6.07, 6.45) is 2.20. The van der Waals surface area contributed by atoms with Gasteiger partial charge in [-0.2, -0.15) is 0 Å². The van der Waals surface area contributed by atoms with E-state index < -0.39 is 0 Å². The van der Waals surface area contributed by atoms with Crippen LogP contribution in [0.2, 0.25) is 0 Å². The lowest BCUT2D eigenvalue weighted by atomic mass is 10.0. The topological polar surface area (TPSA) is 45.4 Å². The summed E-state index contributed by atoms with van der Waals surface area (Å²) in [5.41, 5.74) is 11.5. The fraction of sp³-hybridized carbons (Fsp3) is 0.526. The summed E-state index contributed by atoms with van der Waals surface area (Å²) in [5, 5.41) is 3.39. The monoisotopic (exact) mass is 344 g/mol. The number of rotatable bonds is 7. The molecule has 24 heavy (non-hydrogen) atoms. The van der Waals surface area contributed by atoms with Gasteiger partial charge >= 0.3 is 0 Å². The van der Waals surface area contributed by atoms with Gasteiger partial charge in [0.1, 0.15) is 0 Å². The molecule has 130 valence electrons. The molecule has 1 aliphatic rings. The molecule has 0 bridgehead atoms. The lowest BCUT2D eigenvalue weighted by Gasteiger charge is -2.23. The Bertz CT molecular complexity index is 680. The maximum Gasteiger partial charge on any atom is 0.0928 e. The number of nitrogens with zero attached hydrogens (tertiary/aromatic N) is 3. The minimum Gasteiger partial charge on any atom is -0.329 e. The van der Waals surface area contributed by atoms with Gasteiger partial charge < -0.3 is 10.6 Å². The Kier molecular flexibility index (Phi) is 5.66. The largest absolute Gasteiger partial charge is 0.329 e. The minimum atomic E-state index is 0.361. The van der Waals surface area contributed by atoms with Gasteiger partial charge in [0, 0.05) is 43.2 Å². The maximum absolute atomic E-state index is 6.11. The third-order valence-corrected chi connectivity index (χ3v) is 5.63. The summed E-state index contributed by atoms with van der Waals surface area (Å²) in [5.74, 6) is 0. The molecule has 4 nitrogen and oxygen atoms in total. The van der Waals surface area contributed by atoms with Crippen LogP contribution in [0.15, 0.2) is 23.6 Å². The van der Waals surface area contributed by atoms with Gasteiger partial charge in [0.05, 0.1) is 5.01 Å². The molecule has 0 radical (unpaired) electrons.